The molecule has 0 amide bonds. The summed E-state index contributed by atoms with van der Waals surface area (Å²) in [5, 5.41) is 0. The minimum Gasteiger partial charge on any atom is -0.230 e. The topological polar surface area (TPSA) is 59.1 Å². The van der Waals surface area contributed by atoms with Gasteiger partial charge in [0, 0.05) is 6.54 Å². The van der Waals surface area contributed by atoms with Crippen molar-refractivity contribution in [1.29, 1.82) is 0 Å². The molecule has 0 saturated carbocycles. The van der Waals surface area contributed by atoms with Crippen LogP contribution < -0.4 is 4.72 Å². The van der Waals surface area contributed by atoms with Gasteiger partial charge in [0.05, 0.1) is 15.1 Å². The van der Waals surface area contributed by atoms with Crippen LogP contribution in [0, 0.1) is 5.92 Å². The molecule has 0 spiro atoms. The lowest BCUT2D eigenvalue weighted by molar-refractivity contribution is 0.551. The number of rotatable bonds is 7. The van der Waals surface area contributed by atoms with Crippen LogP contribution in [0.5, 0.6) is 0 Å². The highest BCUT2D eigenvalue weighted by molar-refractivity contribution is 8.01. The molecule has 1 aromatic carbocycles. The van der Waals surface area contributed by atoms with Crippen molar-refractivity contribution >= 4 is 43.3 Å². The van der Waals surface area contributed by atoms with E-state index < -0.39 is 10.0 Å². The van der Waals surface area contributed by atoms with E-state index in [1.807, 2.05) is 0 Å². The zero-order valence-corrected chi connectivity index (χ0v) is 14.9. The highest BCUT2D eigenvalue weighted by atomic mass is 32.2. The Labute approximate surface area is 134 Å². The lowest BCUT2D eigenvalue weighted by atomic mass is 10.1. The van der Waals surface area contributed by atoms with Gasteiger partial charge in [-0.15, -0.1) is 11.3 Å². The van der Waals surface area contributed by atoms with Gasteiger partial charge in [0.15, 0.2) is 4.34 Å². The predicted molar refractivity (Wildman–Crippen MR) is 90.7 cm³/mol. The Balaban J connectivity index is 2.20. The van der Waals surface area contributed by atoms with E-state index in [1.54, 1.807) is 41.3 Å². The lowest BCUT2D eigenvalue weighted by Gasteiger charge is -2.08. The fourth-order valence-corrected chi connectivity index (χ4v) is 4.95. The van der Waals surface area contributed by atoms with E-state index in [2.05, 4.69) is 30.5 Å². The van der Waals surface area contributed by atoms with Crippen LogP contribution in [-0.2, 0) is 10.0 Å². The molecule has 0 atom stereocenters. The number of benzene rings is 1. The number of hydrogen-bond acceptors (Lipinski definition) is 5. The molecule has 0 aliphatic heterocycles. The molecular formula is C14H20N2O2S3. The fourth-order valence-electron chi connectivity index (χ4n) is 1.80. The summed E-state index contributed by atoms with van der Waals surface area (Å²) < 4.78 is 29.1. The molecule has 1 aromatic heterocycles. The Kier molecular flexibility index (Phi) is 5.65. The van der Waals surface area contributed by atoms with Crippen molar-refractivity contribution in [3.63, 3.8) is 0 Å². The standard InChI is InChI=1S/C14H20N2O2S3/c1-4-19-14-16-12-6-5-11(9-13(12)20-14)21(17,18)15-8-7-10(2)3/h5-6,9-10,15H,4,7-8H2,1-3H3. The average Bonchev–Trinajstić information content (AvgIpc) is 2.79. The molecule has 21 heavy (non-hydrogen) atoms. The van der Waals surface area contributed by atoms with Crippen molar-refractivity contribution in [2.24, 2.45) is 5.92 Å². The zero-order chi connectivity index (χ0) is 15.5. The highest BCUT2D eigenvalue weighted by Gasteiger charge is 2.15. The van der Waals surface area contributed by atoms with E-state index in [4.69, 9.17) is 0 Å². The third-order valence-corrected chi connectivity index (χ3v) is 6.43. The van der Waals surface area contributed by atoms with Crippen LogP contribution in [0.4, 0.5) is 0 Å². The molecule has 7 heteroatoms. The Bertz CT molecular complexity index is 708. The van der Waals surface area contributed by atoms with Crippen molar-refractivity contribution in [2.45, 2.75) is 36.4 Å². The molecule has 0 aliphatic carbocycles. The van der Waals surface area contributed by atoms with Gasteiger partial charge in [-0.3, -0.25) is 0 Å². The lowest BCUT2D eigenvalue weighted by Crippen LogP contribution is -2.25. The monoisotopic (exact) mass is 344 g/mol. The summed E-state index contributed by atoms with van der Waals surface area (Å²) in [6.45, 7) is 6.69. The van der Waals surface area contributed by atoms with Crippen molar-refractivity contribution in [3.8, 4) is 0 Å². The number of nitrogens with one attached hydrogen (secondary N) is 1. The molecule has 0 unspecified atom stereocenters. The van der Waals surface area contributed by atoms with Gasteiger partial charge < -0.3 is 0 Å². The Hall–Kier alpha value is -0.630. The number of fused-ring (bicyclic) bond motifs is 1. The third kappa shape index (κ3) is 4.42. The van der Waals surface area contributed by atoms with E-state index in [9.17, 15) is 8.42 Å². The summed E-state index contributed by atoms with van der Waals surface area (Å²) in [4.78, 5) is 4.79. The van der Waals surface area contributed by atoms with Gasteiger partial charge in [-0.25, -0.2) is 18.1 Å². The van der Waals surface area contributed by atoms with E-state index in [1.165, 1.54) is 0 Å². The van der Waals surface area contributed by atoms with Gasteiger partial charge in [0.25, 0.3) is 0 Å². The second kappa shape index (κ2) is 7.09. The van der Waals surface area contributed by atoms with Crippen LogP contribution in [-0.4, -0.2) is 25.7 Å². The molecular weight excluding hydrogens is 324 g/mol. The molecule has 1 N–H and O–H groups in total. The van der Waals surface area contributed by atoms with Crippen LogP contribution in [0.25, 0.3) is 10.2 Å². The van der Waals surface area contributed by atoms with E-state index in [0.717, 1.165) is 26.7 Å². The first kappa shape index (κ1) is 16.7. The number of hydrogen-bond donors (Lipinski definition) is 1. The third-order valence-electron chi connectivity index (χ3n) is 2.93. The molecule has 2 aromatic rings. The maximum absolute atomic E-state index is 12.3. The maximum atomic E-state index is 12.3. The van der Waals surface area contributed by atoms with Gasteiger partial charge in [0.2, 0.25) is 10.0 Å². The predicted octanol–water partition coefficient (Wildman–Crippen LogP) is 3.73. The second-order valence-electron chi connectivity index (χ2n) is 5.12. The molecule has 0 saturated heterocycles. The minimum atomic E-state index is -3.43. The Morgan fingerprint density at radius 3 is 2.81 bits per heavy atom. The van der Waals surface area contributed by atoms with Gasteiger partial charge in [0.1, 0.15) is 0 Å². The molecule has 0 bridgehead atoms. The summed E-state index contributed by atoms with van der Waals surface area (Å²) in [5.74, 6) is 1.44. The normalized spacial score (nSPS) is 12.4. The minimum absolute atomic E-state index is 0.315. The number of nitrogens with zero attached hydrogens (tertiary/aromatic N) is 1. The van der Waals surface area contributed by atoms with Gasteiger partial charge >= 0.3 is 0 Å². The molecule has 2 rings (SSSR count). The summed E-state index contributed by atoms with van der Waals surface area (Å²) in [6, 6.07) is 5.12. The van der Waals surface area contributed by atoms with Crippen molar-refractivity contribution < 1.29 is 8.42 Å². The molecule has 4 nitrogen and oxygen atoms in total. The first-order chi connectivity index (χ1) is 9.92. The first-order valence-corrected chi connectivity index (χ1v) is 10.2. The van der Waals surface area contributed by atoms with Crippen LogP contribution in [0.3, 0.4) is 0 Å². The van der Waals surface area contributed by atoms with E-state index >= 15 is 0 Å². The van der Waals surface area contributed by atoms with Crippen LogP contribution in [0.2, 0.25) is 0 Å². The van der Waals surface area contributed by atoms with Crippen molar-refractivity contribution in [1.82, 2.24) is 9.71 Å². The quantitative estimate of drug-likeness (QED) is 0.778. The number of thioether (sulfide) groups is 1. The van der Waals surface area contributed by atoms with Crippen molar-refractivity contribution in [3.05, 3.63) is 18.2 Å². The van der Waals surface area contributed by atoms with Crippen LogP contribution >= 0.6 is 23.1 Å². The molecule has 1 heterocycles. The first-order valence-electron chi connectivity index (χ1n) is 6.95. The zero-order valence-electron chi connectivity index (χ0n) is 12.4. The fraction of sp³-hybridized carbons (Fsp3) is 0.500. The average molecular weight is 345 g/mol. The van der Waals surface area contributed by atoms with E-state index in [0.29, 0.717) is 17.4 Å². The molecule has 0 fully saturated rings. The summed E-state index contributed by atoms with van der Waals surface area (Å²) in [6.07, 6.45) is 0.833. The molecule has 116 valence electrons. The number of thiazole rings is 1. The molecule has 0 radical (unpaired) electrons. The van der Waals surface area contributed by atoms with Crippen molar-refractivity contribution in [2.75, 3.05) is 12.3 Å². The number of aromatic nitrogens is 1. The van der Waals surface area contributed by atoms with Gasteiger partial charge in [-0.2, -0.15) is 0 Å². The maximum Gasteiger partial charge on any atom is 0.240 e. The van der Waals surface area contributed by atoms with Crippen LogP contribution in [0.15, 0.2) is 27.4 Å². The summed E-state index contributed by atoms with van der Waals surface area (Å²) in [5.41, 5.74) is 0.858. The van der Waals surface area contributed by atoms with Gasteiger partial charge in [-0.05, 0) is 36.3 Å². The largest absolute Gasteiger partial charge is 0.240 e. The summed E-state index contributed by atoms with van der Waals surface area (Å²) >= 11 is 3.21. The number of sulfonamides is 1. The Morgan fingerprint density at radius 2 is 2.14 bits per heavy atom. The SMILES string of the molecule is CCSc1nc2ccc(S(=O)(=O)NCCC(C)C)cc2s1. The smallest absolute Gasteiger partial charge is 0.230 e. The summed E-state index contributed by atoms with van der Waals surface area (Å²) in [7, 11) is -3.43. The molecule has 0 aliphatic rings. The van der Waals surface area contributed by atoms with E-state index in [-0.39, 0.29) is 0 Å². The Morgan fingerprint density at radius 1 is 1.38 bits per heavy atom. The highest BCUT2D eigenvalue weighted by Crippen LogP contribution is 2.30. The van der Waals surface area contributed by atoms with Crippen LogP contribution in [0.1, 0.15) is 27.2 Å². The second-order valence-corrected chi connectivity index (χ2v) is 9.43. The van der Waals surface area contributed by atoms with Gasteiger partial charge in [-0.1, -0.05) is 32.5 Å².